The number of hydrogen-bond acceptors (Lipinski definition) is 3. The van der Waals surface area contributed by atoms with Gasteiger partial charge < -0.3 is 4.74 Å². The van der Waals surface area contributed by atoms with Crippen LogP contribution in [-0.2, 0) is 19.2 Å². The van der Waals surface area contributed by atoms with Crippen molar-refractivity contribution < 1.29 is 26.7 Å². The van der Waals surface area contributed by atoms with Crippen molar-refractivity contribution in [3.63, 3.8) is 0 Å². The normalized spacial score (nSPS) is 11.6. The highest BCUT2D eigenvalue weighted by Crippen LogP contribution is 2.40. The van der Waals surface area contributed by atoms with Crippen LogP contribution in [0.1, 0.15) is 22.9 Å². The van der Waals surface area contributed by atoms with Crippen LogP contribution in [0.4, 0.5) is 22.0 Å². The quantitative estimate of drug-likeness (QED) is 0.473. The van der Waals surface area contributed by atoms with Gasteiger partial charge in [0.15, 0.2) is 17.4 Å². The lowest BCUT2D eigenvalue weighted by Crippen LogP contribution is -2.09. The summed E-state index contributed by atoms with van der Waals surface area (Å²) in [5, 5.41) is 0. The summed E-state index contributed by atoms with van der Waals surface area (Å²) in [7, 11) is 0. The van der Waals surface area contributed by atoms with Crippen LogP contribution < -0.4 is 4.74 Å². The number of ether oxygens (including phenoxy) is 1. The zero-order valence-electron chi connectivity index (χ0n) is 14.1. The maximum atomic E-state index is 13.7. The van der Waals surface area contributed by atoms with Crippen LogP contribution in [-0.4, -0.2) is 4.37 Å². The highest BCUT2D eigenvalue weighted by Gasteiger charge is 2.38. The highest BCUT2D eigenvalue weighted by molar-refractivity contribution is 7.06. The van der Waals surface area contributed by atoms with Crippen molar-refractivity contribution in [2.45, 2.75) is 26.1 Å². The van der Waals surface area contributed by atoms with Gasteiger partial charge >= 0.3 is 6.18 Å². The molecule has 0 spiro atoms. The second-order valence-corrected chi connectivity index (χ2v) is 6.50. The number of para-hydroxylation sites is 1. The Balaban J connectivity index is 1.99. The van der Waals surface area contributed by atoms with Crippen molar-refractivity contribution in [2.24, 2.45) is 0 Å². The summed E-state index contributed by atoms with van der Waals surface area (Å²) in [4.78, 5) is -0.950. The number of rotatable bonds is 5. The van der Waals surface area contributed by atoms with E-state index in [4.69, 9.17) is 4.74 Å². The van der Waals surface area contributed by atoms with Crippen molar-refractivity contribution in [3.05, 3.63) is 70.1 Å². The molecule has 27 heavy (non-hydrogen) atoms. The third-order valence-corrected chi connectivity index (χ3v) is 4.90. The summed E-state index contributed by atoms with van der Waals surface area (Å²) < 4.78 is 76.5. The number of benzene rings is 2. The van der Waals surface area contributed by atoms with Gasteiger partial charge in [-0.05, 0) is 35.6 Å². The van der Waals surface area contributed by atoms with E-state index in [0.29, 0.717) is 5.56 Å². The second-order valence-electron chi connectivity index (χ2n) is 5.73. The molecule has 1 heterocycles. The van der Waals surface area contributed by atoms with Gasteiger partial charge in [-0.2, -0.15) is 17.5 Å². The fourth-order valence-electron chi connectivity index (χ4n) is 2.56. The molecule has 8 heteroatoms. The molecule has 0 fully saturated rings. The molecule has 0 unspecified atom stereocenters. The van der Waals surface area contributed by atoms with Crippen LogP contribution in [0.15, 0.2) is 42.5 Å². The van der Waals surface area contributed by atoms with Gasteiger partial charge in [0.25, 0.3) is 0 Å². The first-order chi connectivity index (χ1) is 12.8. The zero-order chi connectivity index (χ0) is 19.6. The Bertz CT molecular complexity index is 914. The maximum absolute atomic E-state index is 13.7. The molecule has 0 N–H and O–H groups in total. The summed E-state index contributed by atoms with van der Waals surface area (Å²) >= 11 is 0.289. The van der Waals surface area contributed by atoms with Gasteiger partial charge in [-0.3, -0.25) is 0 Å². The Hall–Kier alpha value is -2.48. The number of aryl methyl sites for hydroxylation is 1. The average Bonchev–Trinajstić information content (AvgIpc) is 3.05. The molecule has 3 rings (SSSR count). The number of hydrogen-bond donors (Lipinski definition) is 0. The topological polar surface area (TPSA) is 22.1 Å². The minimum Gasteiger partial charge on any atom is -0.483 e. The lowest BCUT2D eigenvalue weighted by molar-refractivity contribution is -0.135. The molecule has 142 valence electrons. The summed E-state index contributed by atoms with van der Waals surface area (Å²) in [6.07, 6.45) is -3.86. The van der Waals surface area contributed by atoms with E-state index in [1.165, 1.54) is 0 Å². The van der Waals surface area contributed by atoms with E-state index in [-0.39, 0.29) is 22.8 Å². The fraction of sp³-hybridized carbons (Fsp3) is 0.211. The van der Waals surface area contributed by atoms with Crippen LogP contribution in [0.5, 0.6) is 5.75 Å². The molecule has 0 saturated carbocycles. The van der Waals surface area contributed by atoms with Crippen molar-refractivity contribution in [1.29, 1.82) is 0 Å². The monoisotopic (exact) mass is 399 g/mol. The predicted octanol–water partition coefficient (Wildman–Crippen LogP) is 6.25. The van der Waals surface area contributed by atoms with Crippen molar-refractivity contribution in [3.8, 4) is 17.0 Å². The molecular weight excluding hydrogens is 385 g/mol. The molecule has 2 aromatic carbocycles. The van der Waals surface area contributed by atoms with Crippen molar-refractivity contribution >= 4 is 11.5 Å². The lowest BCUT2D eigenvalue weighted by Gasteiger charge is -2.12. The van der Waals surface area contributed by atoms with E-state index in [0.717, 1.165) is 30.2 Å². The number of alkyl halides is 3. The van der Waals surface area contributed by atoms with Gasteiger partial charge in [-0.25, -0.2) is 8.78 Å². The Kier molecular flexibility index (Phi) is 5.46. The molecule has 0 bridgehead atoms. The smallest absolute Gasteiger partial charge is 0.427 e. The SMILES string of the molecule is CCc1ccc(-c2nsc(C(F)(F)F)c2COc2c(F)cccc2F)cc1. The first kappa shape index (κ1) is 19.3. The van der Waals surface area contributed by atoms with Crippen LogP contribution in [0.2, 0.25) is 0 Å². The molecular formula is C19H14F5NOS. The molecule has 0 aliphatic carbocycles. The zero-order valence-corrected chi connectivity index (χ0v) is 14.9. The van der Waals surface area contributed by atoms with E-state index in [1.807, 2.05) is 6.92 Å². The lowest BCUT2D eigenvalue weighted by atomic mass is 10.0. The largest absolute Gasteiger partial charge is 0.483 e. The Morgan fingerprint density at radius 3 is 2.19 bits per heavy atom. The average molecular weight is 399 g/mol. The Morgan fingerprint density at radius 1 is 1.00 bits per heavy atom. The molecule has 0 saturated heterocycles. The number of nitrogens with zero attached hydrogens (tertiary/aromatic N) is 1. The minimum absolute atomic E-state index is 0.0896. The number of halogens is 5. The Morgan fingerprint density at radius 2 is 1.63 bits per heavy atom. The van der Waals surface area contributed by atoms with Gasteiger partial charge in [0.2, 0.25) is 0 Å². The number of aromatic nitrogens is 1. The van der Waals surface area contributed by atoms with Gasteiger partial charge in [0.1, 0.15) is 11.5 Å². The summed E-state index contributed by atoms with van der Waals surface area (Å²) in [6.45, 7) is 1.30. The summed E-state index contributed by atoms with van der Waals surface area (Å²) in [6, 6.07) is 10.0. The van der Waals surface area contributed by atoms with Gasteiger partial charge in [-0.1, -0.05) is 37.3 Å². The standard InChI is InChI=1S/C19H14F5NOS/c1-2-11-6-8-12(9-7-11)16-13(18(27-25-16)19(22,23)24)10-26-17-14(20)4-3-5-15(17)21/h3-9H,2,10H2,1H3. The van der Waals surface area contributed by atoms with Crippen LogP contribution in [0.25, 0.3) is 11.3 Å². The van der Waals surface area contributed by atoms with Gasteiger partial charge in [0.05, 0.1) is 5.69 Å². The molecule has 0 amide bonds. The molecule has 1 aromatic heterocycles. The predicted molar refractivity (Wildman–Crippen MR) is 92.6 cm³/mol. The molecule has 0 aliphatic heterocycles. The van der Waals surface area contributed by atoms with E-state index >= 15 is 0 Å². The first-order valence-corrected chi connectivity index (χ1v) is 8.80. The van der Waals surface area contributed by atoms with E-state index < -0.39 is 35.0 Å². The van der Waals surface area contributed by atoms with Crippen molar-refractivity contribution in [1.82, 2.24) is 4.37 Å². The van der Waals surface area contributed by atoms with E-state index in [2.05, 4.69) is 4.37 Å². The molecule has 2 nitrogen and oxygen atoms in total. The first-order valence-electron chi connectivity index (χ1n) is 8.03. The second kappa shape index (κ2) is 7.64. The van der Waals surface area contributed by atoms with Gasteiger partial charge in [0, 0.05) is 11.1 Å². The van der Waals surface area contributed by atoms with E-state index in [9.17, 15) is 22.0 Å². The van der Waals surface area contributed by atoms with Crippen LogP contribution in [0, 0.1) is 11.6 Å². The third-order valence-electron chi connectivity index (χ3n) is 3.96. The third kappa shape index (κ3) is 4.10. The fourth-order valence-corrected chi connectivity index (χ4v) is 3.32. The maximum Gasteiger partial charge on any atom is 0.427 e. The molecule has 0 aliphatic rings. The van der Waals surface area contributed by atoms with E-state index in [1.54, 1.807) is 24.3 Å². The van der Waals surface area contributed by atoms with Crippen LogP contribution in [0.3, 0.4) is 0 Å². The molecule has 3 aromatic rings. The van der Waals surface area contributed by atoms with Gasteiger partial charge in [-0.15, -0.1) is 0 Å². The summed E-state index contributed by atoms with van der Waals surface area (Å²) in [5.74, 6) is -2.69. The van der Waals surface area contributed by atoms with Crippen molar-refractivity contribution in [2.75, 3.05) is 0 Å². The Labute approximate surface area is 156 Å². The summed E-state index contributed by atoms with van der Waals surface area (Å²) in [5.41, 5.74) is 1.34. The highest BCUT2D eigenvalue weighted by atomic mass is 32.1. The molecule has 0 radical (unpaired) electrons. The molecule has 0 atom stereocenters. The minimum atomic E-state index is -4.65. The van der Waals surface area contributed by atoms with Crippen LogP contribution >= 0.6 is 11.5 Å².